The number of carbonyl (C=O) groups is 1. The van der Waals surface area contributed by atoms with Crippen molar-refractivity contribution in [1.29, 1.82) is 5.41 Å². The van der Waals surface area contributed by atoms with E-state index in [0.29, 0.717) is 11.3 Å². The van der Waals surface area contributed by atoms with Gasteiger partial charge in [-0.05, 0) is 74.4 Å². The summed E-state index contributed by atoms with van der Waals surface area (Å²) in [4.78, 5) is 12.4. The van der Waals surface area contributed by atoms with Crippen LogP contribution in [-0.2, 0) is 12.8 Å². The number of nitrogens with one attached hydrogen (secondary N) is 3. The summed E-state index contributed by atoms with van der Waals surface area (Å²) in [6.07, 6.45) is 5.69. The number of amides is 1. The summed E-state index contributed by atoms with van der Waals surface area (Å²) >= 11 is 1.21. The first-order valence-corrected chi connectivity index (χ1v) is 10.8. The summed E-state index contributed by atoms with van der Waals surface area (Å²) in [5, 5.41) is 11.4. The van der Waals surface area contributed by atoms with E-state index < -0.39 is 11.7 Å². The Kier molecular flexibility index (Phi) is 5.87. The number of fused-ring (bicyclic) bond motifs is 1. The minimum Gasteiger partial charge on any atom is -0.355 e. The van der Waals surface area contributed by atoms with E-state index in [2.05, 4.69) is 22.2 Å². The Balaban J connectivity index is 1.57. The fourth-order valence-electron chi connectivity index (χ4n) is 3.67. The summed E-state index contributed by atoms with van der Waals surface area (Å²) in [5.74, 6) is -1.08. The molecule has 1 amide bonds. The fourth-order valence-corrected chi connectivity index (χ4v) is 4.43. The van der Waals surface area contributed by atoms with E-state index in [-0.39, 0.29) is 11.3 Å². The van der Waals surface area contributed by atoms with Crippen LogP contribution in [-0.4, -0.2) is 29.0 Å². The number of hydrogen-bond donors (Lipinski definition) is 3. The van der Waals surface area contributed by atoms with Crippen LogP contribution in [0, 0.1) is 11.2 Å². The average Bonchev–Trinajstić information content (AvgIpc) is 2.66. The van der Waals surface area contributed by atoms with Crippen molar-refractivity contribution < 1.29 is 9.18 Å². The molecule has 2 aromatic rings. The van der Waals surface area contributed by atoms with Crippen molar-refractivity contribution in [3.8, 4) is 0 Å². The zero-order valence-electron chi connectivity index (χ0n) is 16.5. The lowest BCUT2D eigenvalue weighted by Gasteiger charge is -2.28. The Bertz CT molecular complexity index is 958. The van der Waals surface area contributed by atoms with Crippen molar-refractivity contribution in [2.24, 2.45) is 0 Å². The second kappa shape index (κ2) is 8.55. The highest BCUT2D eigenvalue weighted by atomic mass is 32.2. The van der Waals surface area contributed by atoms with Crippen LogP contribution in [0.4, 0.5) is 15.8 Å². The van der Waals surface area contributed by atoms with Crippen LogP contribution in [0.5, 0.6) is 0 Å². The van der Waals surface area contributed by atoms with Crippen molar-refractivity contribution in [1.82, 2.24) is 9.03 Å². The molecule has 1 saturated heterocycles. The van der Waals surface area contributed by atoms with Gasteiger partial charge in [0, 0.05) is 42.2 Å². The minimum atomic E-state index is -0.600. The number of hydrogen-bond acceptors (Lipinski definition) is 5. The van der Waals surface area contributed by atoms with Crippen molar-refractivity contribution >= 4 is 35.1 Å². The van der Waals surface area contributed by atoms with Gasteiger partial charge in [0.25, 0.3) is 5.91 Å². The molecule has 152 valence electrons. The van der Waals surface area contributed by atoms with Crippen molar-refractivity contribution in [3.05, 3.63) is 58.4 Å². The average molecular weight is 413 g/mol. The standard InChI is InChI=1S/C22H25FN4OS/c1-14(24)18-12-19(22(28)26-29-27-9-4-10-27)20(23)13-21(18)25-17-8-7-15-5-2-3-6-16(15)11-17/h7-8,11-13,24-25H,2-6,9-10H2,1H3,(H,26,28). The first-order chi connectivity index (χ1) is 14.0. The molecule has 0 saturated carbocycles. The van der Waals surface area contributed by atoms with Gasteiger partial charge in [-0.1, -0.05) is 6.07 Å². The lowest BCUT2D eigenvalue weighted by Crippen LogP contribution is -2.35. The molecule has 2 aromatic carbocycles. The lowest BCUT2D eigenvalue weighted by atomic mass is 9.91. The highest BCUT2D eigenvalue weighted by molar-refractivity contribution is 7.95. The van der Waals surface area contributed by atoms with E-state index in [1.54, 1.807) is 6.92 Å². The first kappa shape index (κ1) is 19.9. The van der Waals surface area contributed by atoms with Gasteiger partial charge in [0.15, 0.2) is 0 Å². The molecule has 0 aromatic heterocycles. The first-order valence-electron chi connectivity index (χ1n) is 10.0. The molecule has 2 aliphatic rings. The second-order valence-electron chi connectivity index (χ2n) is 7.62. The third-order valence-electron chi connectivity index (χ3n) is 5.47. The van der Waals surface area contributed by atoms with Gasteiger partial charge >= 0.3 is 0 Å². The zero-order chi connectivity index (χ0) is 20.4. The van der Waals surface area contributed by atoms with Gasteiger partial charge in [-0.25, -0.2) is 8.70 Å². The molecular formula is C22H25FN4OS. The Labute approximate surface area is 174 Å². The molecule has 1 heterocycles. The van der Waals surface area contributed by atoms with Gasteiger partial charge < -0.3 is 10.7 Å². The maximum Gasteiger partial charge on any atom is 0.265 e. The Morgan fingerprint density at radius 1 is 1.07 bits per heavy atom. The molecule has 1 aliphatic heterocycles. The molecule has 7 heteroatoms. The Morgan fingerprint density at radius 2 is 1.83 bits per heavy atom. The molecule has 0 atom stereocenters. The van der Waals surface area contributed by atoms with Gasteiger partial charge in [-0.2, -0.15) is 0 Å². The normalized spacial score (nSPS) is 15.9. The Morgan fingerprint density at radius 3 is 2.52 bits per heavy atom. The molecule has 29 heavy (non-hydrogen) atoms. The predicted octanol–water partition coefficient (Wildman–Crippen LogP) is 4.83. The third-order valence-corrected chi connectivity index (χ3v) is 6.37. The van der Waals surface area contributed by atoms with Gasteiger partial charge in [0.1, 0.15) is 5.82 Å². The number of benzene rings is 2. The van der Waals surface area contributed by atoms with Gasteiger partial charge in [0.05, 0.1) is 11.3 Å². The number of nitrogens with zero attached hydrogens (tertiary/aromatic N) is 1. The lowest BCUT2D eigenvalue weighted by molar-refractivity contribution is 0.0978. The van der Waals surface area contributed by atoms with Gasteiger partial charge in [-0.15, -0.1) is 0 Å². The smallest absolute Gasteiger partial charge is 0.265 e. The fraction of sp³-hybridized carbons (Fsp3) is 0.364. The topological polar surface area (TPSA) is 68.2 Å². The van der Waals surface area contributed by atoms with Crippen molar-refractivity contribution in [2.45, 2.75) is 39.0 Å². The van der Waals surface area contributed by atoms with E-state index in [1.807, 2.05) is 10.4 Å². The molecule has 1 aliphatic carbocycles. The number of carbonyl (C=O) groups excluding carboxylic acids is 1. The number of anilines is 2. The van der Waals surface area contributed by atoms with Crippen molar-refractivity contribution in [2.75, 3.05) is 18.4 Å². The van der Waals surface area contributed by atoms with Gasteiger partial charge in [0.2, 0.25) is 0 Å². The van der Waals surface area contributed by atoms with Crippen LogP contribution < -0.4 is 10.0 Å². The summed E-state index contributed by atoms with van der Waals surface area (Å²) in [6.45, 7) is 3.48. The molecule has 3 N–H and O–H groups in total. The molecule has 0 bridgehead atoms. The number of rotatable bonds is 6. The molecule has 1 fully saturated rings. The van der Waals surface area contributed by atoms with Crippen LogP contribution in [0.2, 0.25) is 0 Å². The number of aryl methyl sites for hydroxylation is 2. The summed E-state index contributed by atoms with van der Waals surface area (Å²) in [6, 6.07) is 9.01. The van der Waals surface area contributed by atoms with E-state index in [0.717, 1.165) is 38.0 Å². The summed E-state index contributed by atoms with van der Waals surface area (Å²) < 4.78 is 19.4. The van der Waals surface area contributed by atoms with E-state index in [9.17, 15) is 9.18 Å². The predicted molar refractivity (Wildman–Crippen MR) is 117 cm³/mol. The van der Waals surface area contributed by atoms with Crippen LogP contribution in [0.3, 0.4) is 0 Å². The maximum atomic E-state index is 14.7. The highest BCUT2D eigenvalue weighted by Gasteiger charge is 2.20. The van der Waals surface area contributed by atoms with Crippen LogP contribution in [0.1, 0.15) is 53.2 Å². The van der Waals surface area contributed by atoms with Crippen LogP contribution in [0.15, 0.2) is 30.3 Å². The van der Waals surface area contributed by atoms with Crippen LogP contribution >= 0.6 is 12.1 Å². The SMILES string of the molecule is CC(=N)c1cc(C(=O)NSN2CCC2)c(F)cc1Nc1ccc2c(c1)CCCC2. The zero-order valence-corrected chi connectivity index (χ0v) is 17.3. The molecular weight excluding hydrogens is 387 g/mol. The van der Waals surface area contributed by atoms with Crippen molar-refractivity contribution in [3.63, 3.8) is 0 Å². The quantitative estimate of drug-likeness (QED) is 0.469. The van der Waals surface area contributed by atoms with Crippen LogP contribution in [0.25, 0.3) is 0 Å². The van der Waals surface area contributed by atoms with Gasteiger partial charge in [-0.3, -0.25) is 9.52 Å². The maximum absolute atomic E-state index is 14.7. The molecule has 0 unspecified atom stereocenters. The Hall–Kier alpha value is -2.38. The molecule has 0 radical (unpaired) electrons. The second-order valence-corrected chi connectivity index (χ2v) is 8.53. The number of halogens is 1. The van der Waals surface area contributed by atoms with E-state index in [4.69, 9.17) is 5.41 Å². The third kappa shape index (κ3) is 4.46. The highest BCUT2D eigenvalue weighted by Crippen LogP contribution is 2.29. The van der Waals surface area contributed by atoms with E-state index >= 15 is 0 Å². The molecule has 4 rings (SSSR count). The summed E-state index contributed by atoms with van der Waals surface area (Å²) in [7, 11) is 0. The summed E-state index contributed by atoms with van der Waals surface area (Å²) in [5.41, 5.74) is 4.82. The minimum absolute atomic E-state index is 0.0457. The molecule has 0 spiro atoms. The monoisotopic (exact) mass is 412 g/mol. The largest absolute Gasteiger partial charge is 0.355 e. The van der Waals surface area contributed by atoms with E-state index in [1.165, 1.54) is 48.2 Å². The molecule has 5 nitrogen and oxygen atoms in total.